The van der Waals surface area contributed by atoms with Crippen molar-refractivity contribution in [2.24, 2.45) is 0 Å². The Kier molecular flexibility index (Phi) is 5.56. The van der Waals surface area contributed by atoms with Gasteiger partial charge in [-0.15, -0.1) is 0 Å². The third kappa shape index (κ3) is 3.81. The average molecular weight is 270 g/mol. The maximum absolute atomic E-state index is 5.36. The third-order valence-corrected chi connectivity index (χ3v) is 3.39. The molecule has 0 saturated heterocycles. The Morgan fingerprint density at radius 2 is 1.95 bits per heavy atom. The van der Waals surface area contributed by atoms with Crippen molar-refractivity contribution in [2.75, 3.05) is 13.7 Å². The number of aryl methyl sites for hydroxylation is 1. The van der Waals surface area contributed by atoms with Gasteiger partial charge < -0.3 is 10.1 Å². The SMILES string of the molecule is CCNC(CCc1ncccc1OC)c1ccccc1. The Morgan fingerprint density at radius 1 is 1.15 bits per heavy atom. The first kappa shape index (κ1) is 14.5. The van der Waals surface area contributed by atoms with E-state index >= 15 is 0 Å². The maximum Gasteiger partial charge on any atom is 0.140 e. The van der Waals surface area contributed by atoms with Gasteiger partial charge in [-0.2, -0.15) is 0 Å². The zero-order chi connectivity index (χ0) is 14.2. The second kappa shape index (κ2) is 7.65. The number of nitrogens with zero attached hydrogens (tertiary/aromatic N) is 1. The molecule has 0 aliphatic heterocycles. The van der Waals surface area contributed by atoms with Gasteiger partial charge in [-0.25, -0.2) is 0 Å². The minimum Gasteiger partial charge on any atom is -0.495 e. The lowest BCUT2D eigenvalue weighted by atomic mass is 10.0. The number of benzene rings is 1. The van der Waals surface area contributed by atoms with Gasteiger partial charge in [0.25, 0.3) is 0 Å². The van der Waals surface area contributed by atoms with Crippen LogP contribution in [0.2, 0.25) is 0 Å². The van der Waals surface area contributed by atoms with Crippen LogP contribution in [0.25, 0.3) is 0 Å². The summed E-state index contributed by atoms with van der Waals surface area (Å²) in [6, 6.07) is 14.8. The Labute approximate surface area is 121 Å². The fraction of sp³-hybridized carbons (Fsp3) is 0.353. The highest BCUT2D eigenvalue weighted by Crippen LogP contribution is 2.22. The van der Waals surface area contributed by atoms with Crippen LogP contribution in [-0.2, 0) is 6.42 Å². The molecule has 0 saturated carbocycles. The van der Waals surface area contributed by atoms with Gasteiger partial charge >= 0.3 is 0 Å². The van der Waals surface area contributed by atoms with Crippen LogP contribution < -0.4 is 10.1 Å². The van der Waals surface area contributed by atoms with Gasteiger partial charge in [0.05, 0.1) is 12.8 Å². The summed E-state index contributed by atoms with van der Waals surface area (Å²) < 4.78 is 5.36. The van der Waals surface area contributed by atoms with E-state index in [0.29, 0.717) is 6.04 Å². The molecule has 0 spiro atoms. The van der Waals surface area contributed by atoms with Gasteiger partial charge in [0.15, 0.2) is 0 Å². The topological polar surface area (TPSA) is 34.2 Å². The molecule has 1 N–H and O–H groups in total. The molecule has 0 fully saturated rings. The minimum atomic E-state index is 0.355. The molecular formula is C17H22N2O. The predicted molar refractivity (Wildman–Crippen MR) is 82.0 cm³/mol. The molecule has 0 aliphatic carbocycles. The Hall–Kier alpha value is -1.87. The van der Waals surface area contributed by atoms with E-state index in [1.165, 1.54) is 5.56 Å². The number of methoxy groups -OCH3 is 1. The number of aromatic nitrogens is 1. The smallest absolute Gasteiger partial charge is 0.140 e. The lowest BCUT2D eigenvalue weighted by Gasteiger charge is -2.18. The zero-order valence-corrected chi connectivity index (χ0v) is 12.2. The van der Waals surface area contributed by atoms with E-state index in [1.54, 1.807) is 7.11 Å². The van der Waals surface area contributed by atoms with Crippen LogP contribution in [0.1, 0.15) is 30.6 Å². The summed E-state index contributed by atoms with van der Waals surface area (Å²) in [5, 5.41) is 3.54. The molecule has 1 aromatic carbocycles. The fourth-order valence-corrected chi connectivity index (χ4v) is 2.40. The molecule has 0 radical (unpaired) electrons. The van der Waals surface area contributed by atoms with Crippen molar-refractivity contribution in [1.29, 1.82) is 0 Å². The number of ether oxygens (including phenoxy) is 1. The van der Waals surface area contributed by atoms with Gasteiger partial charge in [-0.05, 0) is 37.1 Å². The predicted octanol–water partition coefficient (Wildman–Crippen LogP) is 3.37. The van der Waals surface area contributed by atoms with Gasteiger partial charge in [-0.3, -0.25) is 4.98 Å². The second-order valence-electron chi connectivity index (χ2n) is 4.71. The number of hydrogen-bond acceptors (Lipinski definition) is 3. The molecule has 2 aromatic rings. The van der Waals surface area contributed by atoms with Crippen LogP contribution >= 0.6 is 0 Å². The summed E-state index contributed by atoms with van der Waals surface area (Å²) in [6.07, 6.45) is 3.73. The summed E-state index contributed by atoms with van der Waals surface area (Å²) in [7, 11) is 1.69. The van der Waals surface area contributed by atoms with E-state index < -0.39 is 0 Å². The molecular weight excluding hydrogens is 248 g/mol. The third-order valence-electron chi connectivity index (χ3n) is 3.39. The molecule has 1 heterocycles. The minimum absolute atomic E-state index is 0.355. The summed E-state index contributed by atoms with van der Waals surface area (Å²) >= 11 is 0. The van der Waals surface area contributed by atoms with Crippen molar-refractivity contribution in [3.8, 4) is 5.75 Å². The zero-order valence-electron chi connectivity index (χ0n) is 12.2. The molecule has 3 nitrogen and oxygen atoms in total. The molecule has 1 aromatic heterocycles. The van der Waals surface area contributed by atoms with E-state index in [9.17, 15) is 0 Å². The lowest BCUT2D eigenvalue weighted by Crippen LogP contribution is -2.21. The summed E-state index contributed by atoms with van der Waals surface area (Å²) in [4.78, 5) is 4.42. The normalized spacial score (nSPS) is 12.1. The Balaban J connectivity index is 2.06. The van der Waals surface area contributed by atoms with Gasteiger partial charge in [0.1, 0.15) is 5.75 Å². The van der Waals surface area contributed by atoms with Crippen molar-refractivity contribution in [3.63, 3.8) is 0 Å². The standard InChI is InChI=1S/C17H22N2O/c1-3-18-15(14-8-5-4-6-9-14)11-12-16-17(20-2)10-7-13-19-16/h4-10,13,15,18H,3,11-12H2,1-2H3. The molecule has 20 heavy (non-hydrogen) atoms. The highest BCUT2D eigenvalue weighted by molar-refractivity contribution is 5.27. The first-order valence-corrected chi connectivity index (χ1v) is 7.11. The molecule has 1 atom stereocenters. The number of rotatable bonds is 7. The highest BCUT2D eigenvalue weighted by Gasteiger charge is 2.12. The second-order valence-corrected chi connectivity index (χ2v) is 4.71. The van der Waals surface area contributed by atoms with Gasteiger partial charge in [0.2, 0.25) is 0 Å². The van der Waals surface area contributed by atoms with Crippen LogP contribution in [0.15, 0.2) is 48.7 Å². The van der Waals surface area contributed by atoms with Gasteiger partial charge in [0, 0.05) is 12.2 Å². The first-order valence-electron chi connectivity index (χ1n) is 7.11. The number of hydrogen-bond donors (Lipinski definition) is 1. The highest BCUT2D eigenvalue weighted by atomic mass is 16.5. The van der Waals surface area contributed by atoms with E-state index in [1.807, 2.05) is 24.4 Å². The van der Waals surface area contributed by atoms with E-state index in [-0.39, 0.29) is 0 Å². The Morgan fingerprint density at radius 3 is 2.65 bits per heavy atom. The summed E-state index contributed by atoms with van der Waals surface area (Å²) in [5.74, 6) is 0.871. The molecule has 1 unspecified atom stereocenters. The van der Waals surface area contributed by atoms with Crippen LogP contribution in [-0.4, -0.2) is 18.6 Å². The molecule has 3 heteroatoms. The van der Waals surface area contributed by atoms with E-state index in [4.69, 9.17) is 4.74 Å². The van der Waals surface area contributed by atoms with Crippen LogP contribution in [0.4, 0.5) is 0 Å². The number of pyridine rings is 1. The monoisotopic (exact) mass is 270 g/mol. The summed E-state index contributed by atoms with van der Waals surface area (Å²) in [5.41, 5.74) is 2.35. The van der Waals surface area contributed by atoms with Crippen LogP contribution in [0.3, 0.4) is 0 Å². The van der Waals surface area contributed by atoms with Crippen molar-refractivity contribution in [1.82, 2.24) is 10.3 Å². The molecule has 2 rings (SSSR count). The quantitative estimate of drug-likeness (QED) is 0.837. The molecule has 106 valence electrons. The largest absolute Gasteiger partial charge is 0.495 e. The fourth-order valence-electron chi connectivity index (χ4n) is 2.40. The lowest BCUT2D eigenvalue weighted by molar-refractivity contribution is 0.403. The van der Waals surface area contributed by atoms with Crippen LogP contribution in [0, 0.1) is 0 Å². The van der Waals surface area contributed by atoms with Crippen molar-refractivity contribution in [3.05, 3.63) is 59.9 Å². The van der Waals surface area contributed by atoms with Crippen LogP contribution in [0.5, 0.6) is 5.75 Å². The van der Waals surface area contributed by atoms with E-state index in [0.717, 1.165) is 30.8 Å². The number of nitrogens with one attached hydrogen (secondary N) is 1. The molecule has 0 bridgehead atoms. The first-order chi connectivity index (χ1) is 9.85. The van der Waals surface area contributed by atoms with Crippen molar-refractivity contribution >= 4 is 0 Å². The Bertz CT molecular complexity index is 513. The van der Waals surface area contributed by atoms with Crippen molar-refractivity contribution in [2.45, 2.75) is 25.8 Å². The molecule has 0 aliphatic rings. The van der Waals surface area contributed by atoms with Crippen molar-refractivity contribution < 1.29 is 4.74 Å². The average Bonchev–Trinajstić information content (AvgIpc) is 2.52. The summed E-state index contributed by atoms with van der Waals surface area (Å²) in [6.45, 7) is 3.09. The maximum atomic E-state index is 5.36. The molecule has 0 amide bonds. The van der Waals surface area contributed by atoms with Gasteiger partial charge in [-0.1, -0.05) is 37.3 Å². The van der Waals surface area contributed by atoms with E-state index in [2.05, 4.69) is 41.5 Å².